The van der Waals surface area contributed by atoms with Gasteiger partial charge >= 0.3 is 0 Å². The minimum atomic E-state index is -0.349. The van der Waals surface area contributed by atoms with Gasteiger partial charge in [0.15, 0.2) is 4.34 Å². The number of hydrogen-bond donors (Lipinski definition) is 2. The summed E-state index contributed by atoms with van der Waals surface area (Å²) in [6.07, 6.45) is 1.02. The van der Waals surface area contributed by atoms with Gasteiger partial charge in [-0.25, -0.2) is 0 Å². The summed E-state index contributed by atoms with van der Waals surface area (Å²) in [6, 6.07) is 0. The van der Waals surface area contributed by atoms with Gasteiger partial charge in [-0.3, -0.25) is 14.9 Å². The lowest BCUT2D eigenvalue weighted by Gasteiger charge is -1.97. The Bertz CT molecular complexity index is 394. The highest BCUT2D eigenvalue weighted by molar-refractivity contribution is 8.01. The van der Waals surface area contributed by atoms with Crippen molar-refractivity contribution in [2.45, 2.75) is 24.6 Å². The molecule has 1 aromatic rings. The number of nitrogens with one attached hydrogen (secondary N) is 2. The van der Waals surface area contributed by atoms with E-state index in [2.05, 4.69) is 27.8 Å². The smallest absolute Gasteiger partial charge is 0.236 e. The molecule has 0 spiro atoms. The lowest BCUT2D eigenvalue weighted by Crippen LogP contribution is -2.29. The summed E-state index contributed by atoms with van der Waals surface area (Å²) in [6.45, 7) is 4.22. The van der Waals surface area contributed by atoms with Crippen LogP contribution in [0.15, 0.2) is 4.34 Å². The number of thioether (sulfide) groups is 1. The Morgan fingerprint density at radius 3 is 2.82 bits per heavy atom. The topological polar surface area (TPSA) is 84.0 Å². The van der Waals surface area contributed by atoms with E-state index < -0.39 is 0 Å². The summed E-state index contributed by atoms with van der Waals surface area (Å²) in [5.74, 6) is -0.499. The van der Waals surface area contributed by atoms with Crippen molar-refractivity contribution in [2.24, 2.45) is 0 Å². The summed E-state index contributed by atoms with van der Waals surface area (Å²) in [5, 5.41) is 13.9. The third-order valence-corrected chi connectivity index (χ3v) is 3.59. The zero-order valence-electron chi connectivity index (χ0n) is 9.65. The number of rotatable bonds is 6. The number of imide groups is 1. The third kappa shape index (κ3) is 5.64. The van der Waals surface area contributed by atoms with Crippen LogP contribution in [-0.2, 0) is 9.59 Å². The van der Waals surface area contributed by atoms with Crippen molar-refractivity contribution >= 4 is 40.0 Å². The van der Waals surface area contributed by atoms with Gasteiger partial charge in [0.2, 0.25) is 16.9 Å². The first-order chi connectivity index (χ1) is 8.11. The van der Waals surface area contributed by atoms with E-state index in [9.17, 15) is 9.59 Å². The van der Waals surface area contributed by atoms with Crippen LogP contribution in [-0.4, -0.2) is 34.3 Å². The monoisotopic (exact) mass is 274 g/mol. The van der Waals surface area contributed by atoms with Gasteiger partial charge in [-0.05, 0) is 6.42 Å². The fourth-order valence-electron chi connectivity index (χ4n) is 0.931. The fourth-order valence-corrected chi connectivity index (χ4v) is 2.51. The maximum Gasteiger partial charge on any atom is 0.236 e. The summed E-state index contributed by atoms with van der Waals surface area (Å²) in [7, 11) is 0. The number of nitrogens with zero attached hydrogens (tertiary/aromatic N) is 2. The Hall–Kier alpha value is -1.15. The SMILES string of the molecule is CCCNc1nnc(SCC(=O)NC(C)=O)s1. The standard InChI is InChI=1S/C9H14N4O2S2/c1-3-4-10-8-12-13-9(17-8)16-5-7(15)11-6(2)14/h3-5H2,1-2H3,(H,10,12)(H,11,14,15). The Morgan fingerprint density at radius 2 is 2.18 bits per heavy atom. The molecule has 1 rings (SSSR count). The van der Waals surface area contributed by atoms with Gasteiger partial charge in [-0.1, -0.05) is 30.0 Å². The Labute approximate surface area is 108 Å². The molecule has 2 amide bonds. The van der Waals surface area contributed by atoms with E-state index in [1.807, 2.05) is 0 Å². The molecule has 0 aliphatic rings. The lowest BCUT2D eigenvalue weighted by atomic mass is 10.5. The van der Waals surface area contributed by atoms with Crippen molar-refractivity contribution in [3.8, 4) is 0 Å². The van der Waals surface area contributed by atoms with Gasteiger partial charge in [0.25, 0.3) is 0 Å². The number of anilines is 1. The summed E-state index contributed by atoms with van der Waals surface area (Å²) in [4.78, 5) is 21.8. The predicted molar refractivity (Wildman–Crippen MR) is 68.2 cm³/mol. The molecule has 94 valence electrons. The lowest BCUT2D eigenvalue weighted by molar-refractivity contribution is -0.127. The van der Waals surface area contributed by atoms with Crippen LogP contribution < -0.4 is 10.6 Å². The zero-order valence-corrected chi connectivity index (χ0v) is 11.3. The molecule has 0 aliphatic carbocycles. The molecule has 8 heteroatoms. The fraction of sp³-hybridized carbons (Fsp3) is 0.556. The molecule has 0 radical (unpaired) electrons. The molecular weight excluding hydrogens is 260 g/mol. The quantitative estimate of drug-likeness (QED) is 0.756. The minimum absolute atomic E-state index is 0.169. The molecule has 1 aromatic heterocycles. The van der Waals surface area contributed by atoms with Crippen molar-refractivity contribution < 1.29 is 9.59 Å². The molecule has 0 aliphatic heterocycles. The maximum atomic E-state index is 11.2. The van der Waals surface area contributed by atoms with E-state index in [0.29, 0.717) is 4.34 Å². The molecular formula is C9H14N4O2S2. The van der Waals surface area contributed by atoms with E-state index in [1.54, 1.807) is 0 Å². The van der Waals surface area contributed by atoms with Crippen molar-refractivity contribution in [3.63, 3.8) is 0 Å². The molecule has 0 saturated heterocycles. The van der Waals surface area contributed by atoms with Gasteiger partial charge in [0.05, 0.1) is 5.75 Å². The molecule has 0 fully saturated rings. The molecule has 1 heterocycles. The largest absolute Gasteiger partial charge is 0.360 e. The first-order valence-corrected chi connectivity index (χ1v) is 6.92. The van der Waals surface area contributed by atoms with Crippen molar-refractivity contribution in [1.29, 1.82) is 0 Å². The molecule has 17 heavy (non-hydrogen) atoms. The van der Waals surface area contributed by atoms with Gasteiger partial charge in [-0.2, -0.15) is 0 Å². The highest BCUT2D eigenvalue weighted by atomic mass is 32.2. The average Bonchev–Trinajstić information content (AvgIpc) is 2.70. The molecule has 0 atom stereocenters. The molecule has 0 unspecified atom stereocenters. The van der Waals surface area contributed by atoms with Crippen LogP contribution >= 0.6 is 23.1 Å². The maximum absolute atomic E-state index is 11.2. The molecule has 0 bridgehead atoms. The van der Waals surface area contributed by atoms with Crippen LogP contribution in [0.4, 0.5) is 5.13 Å². The van der Waals surface area contributed by atoms with E-state index in [-0.39, 0.29) is 17.6 Å². The normalized spacial score (nSPS) is 10.0. The van der Waals surface area contributed by atoms with Crippen LogP contribution in [0.1, 0.15) is 20.3 Å². The second-order valence-corrected chi connectivity index (χ2v) is 5.39. The Kier molecular flexibility index (Phi) is 5.92. The highest BCUT2D eigenvalue weighted by Gasteiger charge is 2.08. The van der Waals surface area contributed by atoms with Gasteiger partial charge < -0.3 is 5.32 Å². The second kappa shape index (κ2) is 7.23. The van der Waals surface area contributed by atoms with E-state index in [0.717, 1.165) is 18.1 Å². The first kappa shape index (κ1) is 13.9. The van der Waals surface area contributed by atoms with Crippen LogP contribution in [0, 0.1) is 0 Å². The number of carbonyl (C=O) groups is 2. The first-order valence-electron chi connectivity index (χ1n) is 5.12. The third-order valence-electron chi connectivity index (χ3n) is 1.57. The van der Waals surface area contributed by atoms with E-state index >= 15 is 0 Å². The van der Waals surface area contributed by atoms with Gasteiger partial charge in [0, 0.05) is 13.5 Å². The molecule has 0 saturated carbocycles. The second-order valence-electron chi connectivity index (χ2n) is 3.19. The number of hydrogen-bond acceptors (Lipinski definition) is 7. The van der Waals surface area contributed by atoms with Crippen LogP contribution in [0.25, 0.3) is 0 Å². The van der Waals surface area contributed by atoms with E-state index in [4.69, 9.17) is 0 Å². The van der Waals surface area contributed by atoms with Gasteiger partial charge in [-0.15, -0.1) is 10.2 Å². The summed E-state index contributed by atoms with van der Waals surface area (Å²) in [5.41, 5.74) is 0. The average molecular weight is 274 g/mol. The van der Waals surface area contributed by atoms with Crippen molar-refractivity contribution in [2.75, 3.05) is 17.6 Å². The van der Waals surface area contributed by atoms with Crippen LogP contribution in [0.5, 0.6) is 0 Å². The summed E-state index contributed by atoms with van der Waals surface area (Å²) >= 11 is 2.66. The van der Waals surface area contributed by atoms with Crippen molar-refractivity contribution in [1.82, 2.24) is 15.5 Å². The number of carbonyl (C=O) groups excluding carboxylic acids is 2. The Morgan fingerprint density at radius 1 is 1.41 bits per heavy atom. The Balaban J connectivity index is 2.34. The van der Waals surface area contributed by atoms with Gasteiger partial charge in [0.1, 0.15) is 0 Å². The molecule has 0 aromatic carbocycles. The van der Waals surface area contributed by atoms with E-state index in [1.165, 1.54) is 30.0 Å². The van der Waals surface area contributed by atoms with Crippen LogP contribution in [0.2, 0.25) is 0 Å². The predicted octanol–water partition coefficient (Wildman–Crippen LogP) is 1.11. The molecule has 2 N–H and O–H groups in total. The number of amides is 2. The van der Waals surface area contributed by atoms with Crippen LogP contribution in [0.3, 0.4) is 0 Å². The number of aromatic nitrogens is 2. The van der Waals surface area contributed by atoms with Crippen molar-refractivity contribution in [3.05, 3.63) is 0 Å². The summed E-state index contributed by atoms with van der Waals surface area (Å²) < 4.78 is 0.710. The highest BCUT2D eigenvalue weighted by Crippen LogP contribution is 2.24. The molecule has 6 nitrogen and oxygen atoms in total. The minimum Gasteiger partial charge on any atom is -0.360 e. The zero-order chi connectivity index (χ0) is 12.7.